The van der Waals surface area contributed by atoms with E-state index in [1.54, 1.807) is 29.2 Å². The molecule has 2 amide bonds. The molecular weight excluding hydrogens is 394 g/mol. The lowest BCUT2D eigenvalue weighted by Crippen LogP contribution is -2.49. The Morgan fingerprint density at radius 2 is 1.60 bits per heavy atom. The average molecular weight is 416 g/mol. The molecule has 2 aromatic rings. The molecule has 1 N–H and O–H groups in total. The van der Waals surface area contributed by atoms with E-state index in [0.29, 0.717) is 25.9 Å². The summed E-state index contributed by atoms with van der Waals surface area (Å²) in [6, 6.07) is 12.2. The lowest BCUT2D eigenvalue weighted by Gasteiger charge is -2.40. The number of rotatable bonds is 5. The fraction of sp³-hybridized carbons (Fsp3) is 0.318. The molecule has 158 valence electrons. The summed E-state index contributed by atoms with van der Waals surface area (Å²) in [6.45, 7) is 1.55. The molecule has 0 radical (unpaired) electrons. The quantitative estimate of drug-likeness (QED) is 0.761. The van der Waals surface area contributed by atoms with Crippen molar-refractivity contribution in [2.24, 2.45) is 0 Å². The van der Waals surface area contributed by atoms with Crippen LogP contribution in [0.15, 0.2) is 48.5 Å². The number of likely N-dealkylation sites (tertiary alicyclic amines) is 1. The van der Waals surface area contributed by atoms with Crippen LogP contribution in [0.4, 0.5) is 14.5 Å². The van der Waals surface area contributed by atoms with Gasteiger partial charge >= 0.3 is 5.97 Å². The van der Waals surface area contributed by atoms with Crippen molar-refractivity contribution in [3.63, 3.8) is 0 Å². The number of carbonyl (C=O) groups excluding carboxylic acids is 3. The second-order valence-corrected chi connectivity index (χ2v) is 7.18. The molecule has 30 heavy (non-hydrogen) atoms. The zero-order valence-corrected chi connectivity index (χ0v) is 16.5. The molecule has 1 aliphatic heterocycles. The molecule has 0 spiro atoms. The number of anilines is 1. The highest BCUT2D eigenvalue weighted by molar-refractivity contribution is 5.94. The van der Waals surface area contributed by atoms with Crippen LogP contribution in [0, 0.1) is 11.6 Å². The highest BCUT2D eigenvalue weighted by atomic mass is 19.1. The van der Waals surface area contributed by atoms with Crippen molar-refractivity contribution in [3.05, 3.63) is 65.7 Å². The summed E-state index contributed by atoms with van der Waals surface area (Å²) >= 11 is 0. The minimum Gasteiger partial charge on any atom is -0.455 e. The predicted molar refractivity (Wildman–Crippen MR) is 106 cm³/mol. The number of ether oxygens (including phenoxy) is 1. The topological polar surface area (TPSA) is 75.7 Å². The van der Waals surface area contributed by atoms with Crippen LogP contribution >= 0.6 is 0 Å². The highest BCUT2D eigenvalue weighted by Gasteiger charge is 2.44. The van der Waals surface area contributed by atoms with E-state index in [0.717, 1.165) is 17.7 Å². The third-order valence-corrected chi connectivity index (χ3v) is 5.34. The summed E-state index contributed by atoms with van der Waals surface area (Å²) in [5.74, 6) is -3.38. The first kappa shape index (κ1) is 21.4. The van der Waals surface area contributed by atoms with E-state index in [1.807, 2.05) is 6.07 Å². The van der Waals surface area contributed by atoms with Crippen LogP contribution in [0.25, 0.3) is 0 Å². The number of nitrogens with zero attached hydrogens (tertiary/aromatic N) is 1. The Kier molecular flexibility index (Phi) is 6.44. The minimum atomic E-state index is -1.00. The number of esters is 1. The van der Waals surface area contributed by atoms with Crippen molar-refractivity contribution in [2.45, 2.75) is 25.2 Å². The standard InChI is InChI=1S/C22H22F2N2O4/c1-15(27)26-12-10-22(11-13-26,16-6-3-2-4-7-16)21(29)30-14-19(28)25-20-17(23)8-5-9-18(20)24/h2-9H,10-14H2,1H3,(H,25,28). The Morgan fingerprint density at radius 3 is 2.17 bits per heavy atom. The molecule has 1 saturated heterocycles. The van der Waals surface area contributed by atoms with Gasteiger partial charge in [-0.2, -0.15) is 0 Å². The zero-order valence-electron chi connectivity index (χ0n) is 16.5. The lowest BCUT2D eigenvalue weighted by atomic mass is 9.72. The first-order chi connectivity index (χ1) is 14.3. The molecule has 3 rings (SSSR count). The van der Waals surface area contributed by atoms with Crippen molar-refractivity contribution in [1.29, 1.82) is 0 Å². The maximum Gasteiger partial charge on any atom is 0.317 e. The molecule has 2 aromatic carbocycles. The van der Waals surface area contributed by atoms with Gasteiger partial charge in [0, 0.05) is 20.0 Å². The van der Waals surface area contributed by atoms with Crippen molar-refractivity contribution in [3.8, 4) is 0 Å². The molecule has 0 saturated carbocycles. The summed E-state index contributed by atoms with van der Waals surface area (Å²) in [5, 5.41) is 2.09. The van der Waals surface area contributed by atoms with Crippen LogP contribution in [0.3, 0.4) is 0 Å². The number of para-hydroxylation sites is 1. The third kappa shape index (κ3) is 4.48. The fourth-order valence-corrected chi connectivity index (χ4v) is 3.63. The number of benzene rings is 2. The number of carbonyl (C=O) groups is 3. The van der Waals surface area contributed by atoms with Crippen LogP contribution < -0.4 is 5.32 Å². The molecule has 0 aliphatic carbocycles. The predicted octanol–water partition coefficient (Wildman–Crippen LogP) is 3.03. The van der Waals surface area contributed by atoms with E-state index in [-0.39, 0.29) is 5.91 Å². The van der Waals surface area contributed by atoms with Crippen LogP contribution in [0.2, 0.25) is 0 Å². The second-order valence-electron chi connectivity index (χ2n) is 7.18. The molecular formula is C22H22F2N2O4. The largest absolute Gasteiger partial charge is 0.455 e. The van der Waals surface area contributed by atoms with Crippen molar-refractivity contribution < 1.29 is 27.9 Å². The van der Waals surface area contributed by atoms with Gasteiger partial charge in [-0.1, -0.05) is 36.4 Å². The Balaban J connectivity index is 1.71. The molecule has 0 aromatic heterocycles. The number of piperidine rings is 1. The van der Waals surface area contributed by atoms with Gasteiger partial charge < -0.3 is 15.0 Å². The SMILES string of the molecule is CC(=O)N1CCC(C(=O)OCC(=O)Nc2c(F)cccc2F)(c2ccccc2)CC1. The summed E-state index contributed by atoms with van der Waals surface area (Å²) in [4.78, 5) is 38.5. The van der Waals surface area contributed by atoms with E-state index in [9.17, 15) is 23.2 Å². The van der Waals surface area contributed by atoms with Crippen LogP contribution in [0.5, 0.6) is 0 Å². The summed E-state index contributed by atoms with van der Waals surface area (Å²) in [6.07, 6.45) is 0.692. The zero-order chi connectivity index (χ0) is 21.7. The molecule has 0 bridgehead atoms. The summed E-state index contributed by atoms with van der Waals surface area (Å²) in [5.41, 5.74) is -0.860. The molecule has 0 atom stereocenters. The van der Waals surface area contributed by atoms with Crippen molar-refractivity contribution in [1.82, 2.24) is 4.90 Å². The molecule has 0 unspecified atom stereocenters. The second kappa shape index (κ2) is 9.02. The van der Waals surface area contributed by atoms with Gasteiger partial charge in [0.15, 0.2) is 6.61 Å². The lowest BCUT2D eigenvalue weighted by molar-refractivity contribution is -0.156. The van der Waals surface area contributed by atoms with Gasteiger partial charge in [-0.05, 0) is 30.5 Å². The highest BCUT2D eigenvalue weighted by Crippen LogP contribution is 2.37. The van der Waals surface area contributed by atoms with Crippen molar-refractivity contribution in [2.75, 3.05) is 25.0 Å². The van der Waals surface area contributed by atoms with Crippen LogP contribution in [0.1, 0.15) is 25.3 Å². The molecule has 6 nitrogen and oxygen atoms in total. The van der Waals surface area contributed by atoms with E-state index in [4.69, 9.17) is 4.74 Å². The van der Waals surface area contributed by atoms with Gasteiger partial charge in [-0.25, -0.2) is 8.78 Å². The van der Waals surface area contributed by atoms with Crippen LogP contribution in [-0.4, -0.2) is 42.4 Å². The summed E-state index contributed by atoms with van der Waals surface area (Å²) < 4.78 is 32.6. The Bertz CT molecular complexity index is 921. The van der Waals surface area contributed by atoms with Gasteiger partial charge in [0.1, 0.15) is 17.3 Å². The average Bonchev–Trinajstić information content (AvgIpc) is 2.75. The third-order valence-electron chi connectivity index (χ3n) is 5.34. The Hall–Kier alpha value is -3.29. The van der Waals surface area contributed by atoms with Gasteiger partial charge in [0.05, 0.1) is 5.41 Å². The van der Waals surface area contributed by atoms with Gasteiger partial charge in [-0.15, -0.1) is 0 Å². The van der Waals surface area contributed by atoms with Crippen LogP contribution in [-0.2, 0) is 24.5 Å². The van der Waals surface area contributed by atoms with Crippen molar-refractivity contribution >= 4 is 23.5 Å². The molecule has 1 heterocycles. The van der Waals surface area contributed by atoms with Gasteiger partial charge in [0.2, 0.25) is 5.91 Å². The van der Waals surface area contributed by atoms with E-state index in [2.05, 4.69) is 5.32 Å². The Labute approximate surface area is 172 Å². The minimum absolute atomic E-state index is 0.0729. The molecule has 8 heteroatoms. The van der Waals surface area contributed by atoms with Gasteiger partial charge in [-0.3, -0.25) is 14.4 Å². The number of amides is 2. The maximum atomic E-state index is 13.7. The first-order valence-corrected chi connectivity index (χ1v) is 9.55. The molecule has 1 aliphatic rings. The normalized spacial score (nSPS) is 15.4. The fourth-order valence-electron chi connectivity index (χ4n) is 3.63. The monoisotopic (exact) mass is 416 g/mol. The molecule has 1 fully saturated rings. The summed E-state index contributed by atoms with van der Waals surface area (Å²) in [7, 11) is 0. The van der Waals surface area contributed by atoms with Gasteiger partial charge in [0.25, 0.3) is 5.91 Å². The number of nitrogens with one attached hydrogen (secondary N) is 1. The number of halogens is 2. The number of hydrogen-bond donors (Lipinski definition) is 1. The maximum absolute atomic E-state index is 13.7. The number of hydrogen-bond acceptors (Lipinski definition) is 4. The smallest absolute Gasteiger partial charge is 0.317 e. The van der Waals surface area contributed by atoms with E-state index >= 15 is 0 Å². The first-order valence-electron chi connectivity index (χ1n) is 9.55. The van der Waals surface area contributed by atoms with E-state index < -0.39 is 41.2 Å². The Morgan fingerprint density at radius 1 is 1.00 bits per heavy atom. The van der Waals surface area contributed by atoms with E-state index in [1.165, 1.54) is 13.0 Å².